The Bertz CT molecular complexity index is 558. The second-order valence-electron chi connectivity index (χ2n) is 4.38. The summed E-state index contributed by atoms with van der Waals surface area (Å²) in [6.07, 6.45) is 1.29. The number of ether oxygens (including phenoxy) is 1. The van der Waals surface area contributed by atoms with Crippen molar-refractivity contribution in [2.24, 2.45) is 5.92 Å². The molecule has 1 fully saturated rings. The highest BCUT2D eigenvalue weighted by molar-refractivity contribution is 6.36. The Morgan fingerprint density at radius 3 is 2.80 bits per heavy atom. The number of carbonyl (C=O) groups excluding carboxylic acids is 1. The maximum absolute atomic E-state index is 11.6. The van der Waals surface area contributed by atoms with Gasteiger partial charge in [-0.25, -0.2) is 9.78 Å². The van der Waals surface area contributed by atoms with E-state index in [1.807, 2.05) is 0 Å². The van der Waals surface area contributed by atoms with Crippen molar-refractivity contribution in [2.45, 2.75) is 6.92 Å². The van der Waals surface area contributed by atoms with Gasteiger partial charge in [0.15, 0.2) is 0 Å². The molecule has 0 spiro atoms. The monoisotopic (exact) mass is 299 g/mol. The van der Waals surface area contributed by atoms with Crippen molar-refractivity contribution in [2.75, 3.05) is 30.3 Å². The summed E-state index contributed by atoms with van der Waals surface area (Å²) in [7, 11) is 0. The molecule has 0 bridgehead atoms. The summed E-state index contributed by atoms with van der Waals surface area (Å²) in [5.74, 6) is -1.49. The maximum atomic E-state index is 11.6. The Labute approximate surface area is 120 Å². The second kappa shape index (κ2) is 5.54. The molecule has 0 saturated carbocycles. The molecule has 0 aromatic carbocycles. The zero-order chi connectivity index (χ0) is 14.9. The summed E-state index contributed by atoms with van der Waals surface area (Å²) in [4.78, 5) is 28.2. The molecule has 108 valence electrons. The summed E-state index contributed by atoms with van der Waals surface area (Å²) in [6.45, 7) is 2.55. The minimum absolute atomic E-state index is 0.0916. The topological polar surface area (TPSA) is 106 Å². The first-order chi connectivity index (χ1) is 9.45. The number of aromatic nitrogens is 1. The van der Waals surface area contributed by atoms with Crippen LogP contribution in [0.4, 0.5) is 11.5 Å². The van der Waals surface area contributed by atoms with E-state index in [1.54, 1.807) is 11.8 Å². The lowest BCUT2D eigenvalue weighted by molar-refractivity contribution is -0.142. The number of hydrogen-bond donors (Lipinski definition) is 2. The second-order valence-corrected chi connectivity index (χ2v) is 4.76. The van der Waals surface area contributed by atoms with E-state index in [-0.39, 0.29) is 22.9 Å². The molecule has 1 aromatic rings. The number of carbonyl (C=O) groups is 2. The zero-order valence-electron chi connectivity index (χ0n) is 10.8. The molecule has 3 N–H and O–H groups in total. The summed E-state index contributed by atoms with van der Waals surface area (Å²) in [6, 6.07) is 0. The van der Waals surface area contributed by atoms with Gasteiger partial charge in [-0.3, -0.25) is 4.79 Å². The summed E-state index contributed by atoms with van der Waals surface area (Å²) < 4.78 is 4.84. The first-order valence-electron chi connectivity index (χ1n) is 6.04. The van der Waals surface area contributed by atoms with Gasteiger partial charge in [0.25, 0.3) is 0 Å². The van der Waals surface area contributed by atoms with Gasteiger partial charge in [-0.2, -0.15) is 0 Å². The van der Waals surface area contributed by atoms with Crippen LogP contribution in [0.15, 0.2) is 6.20 Å². The van der Waals surface area contributed by atoms with Gasteiger partial charge in [-0.15, -0.1) is 0 Å². The molecular weight excluding hydrogens is 286 g/mol. The van der Waals surface area contributed by atoms with Crippen molar-refractivity contribution in [3.8, 4) is 0 Å². The van der Waals surface area contributed by atoms with Crippen molar-refractivity contribution in [1.29, 1.82) is 0 Å². The number of nitrogens with two attached hydrogens (primary N) is 1. The quantitative estimate of drug-likeness (QED) is 0.799. The predicted octanol–water partition coefficient (Wildman–Crippen LogP) is 1.01. The van der Waals surface area contributed by atoms with Crippen molar-refractivity contribution in [1.82, 2.24) is 4.98 Å². The Balaban J connectivity index is 2.20. The van der Waals surface area contributed by atoms with Gasteiger partial charge in [-0.1, -0.05) is 11.6 Å². The first kappa shape index (κ1) is 14.4. The van der Waals surface area contributed by atoms with Crippen LogP contribution in [0.1, 0.15) is 17.3 Å². The van der Waals surface area contributed by atoms with E-state index in [4.69, 9.17) is 27.2 Å². The summed E-state index contributed by atoms with van der Waals surface area (Å²) >= 11 is 6.09. The van der Waals surface area contributed by atoms with Crippen LogP contribution in [0.2, 0.25) is 5.02 Å². The van der Waals surface area contributed by atoms with Crippen molar-refractivity contribution < 1.29 is 19.4 Å². The minimum atomic E-state index is -0.853. The average molecular weight is 300 g/mol. The Hall–Kier alpha value is -2.02. The lowest BCUT2D eigenvalue weighted by atomic mass is 10.0. The fourth-order valence-electron chi connectivity index (χ4n) is 1.89. The summed E-state index contributed by atoms with van der Waals surface area (Å²) in [5.41, 5.74) is 6.01. The molecule has 0 aliphatic carbocycles. The highest BCUT2D eigenvalue weighted by Gasteiger charge is 2.35. The predicted molar refractivity (Wildman–Crippen MR) is 73.0 cm³/mol. The molecule has 2 heterocycles. The fraction of sp³-hybridized carbons (Fsp3) is 0.417. The van der Waals surface area contributed by atoms with E-state index in [1.165, 1.54) is 6.20 Å². The Morgan fingerprint density at radius 2 is 2.25 bits per heavy atom. The normalized spacial score (nSPS) is 14.8. The third kappa shape index (κ3) is 2.49. The number of aliphatic carboxylic acids is 1. The number of rotatable bonds is 4. The van der Waals surface area contributed by atoms with E-state index in [0.717, 1.165) is 0 Å². The van der Waals surface area contributed by atoms with E-state index >= 15 is 0 Å². The number of esters is 1. The van der Waals surface area contributed by atoms with Crippen LogP contribution in [0.3, 0.4) is 0 Å². The van der Waals surface area contributed by atoms with Crippen molar-refractivity contribution >= 4 is 35.0 Å². The lowest BCUT2D eigenvalue weighted by Crippen LogP contribution is -2.51. The molecule has 1 saturated heterocycles. The molecule has 8 heteroatoms. The van der Waals surface area contributed by atoms with Gasteiger partial charge in [-0.05, 0) is 6.92 Å². The highest BCUT2D eigenvalue weighted by atomic mass is 35.5. The number of carboxylic acids is 1. The third-order valence-electron chi connectivity index (χ3n) is 3.06. The fourth-order valence-corrected chi connectivity index (χ4v) is 2.16. The molecule has 20 heavy (non-hydrogen) atoms. The zero-order valence-corrected chi connectivity index (χ0v) is 11.6. The van der Waals surface area contributed by atoms with E-state index in [0.29, 0.717) is 18.9 Å². The number of carboxylic acid groups (broad SMARTS) is 1. The van der Waals surface area contributed by atoms with Crippen LogP contribution >= 0.6 is 11.6 Å². The largest absolute Gasteiger partial charge is 0.481 e. The highest BCUT2D eigenvalue weighted by Crippen LogP contribution is 2.35. The Kier molecular flexibility index (Phi) is 3.99. The van der Waals surface area contributed by atoms with Gasteiger partial charge in [0.2, 0.25) is 0 Å². The SMILES string of the molecule is CCOC(=O)c1cnc(N2CC(C(=O)O)C2)c(Cl)c1N. The van der Waals surface area contributed by atoms with Crippen LogP contribution in [-0.2, 0) is 9.53 Å². The van der Waals surface area contributed by atoms with Gasteiger partial charge in [0.05, 0.1) is 18.2 Å². The average Bonchev–Trinajstić information content (AvgIpc) is 2.32. The lowest BCUT2D eigenvalue weighted by Gasteiger charge is -2.38. The van der Waals surface area contributed by atoms with Crippen LogP contribution in [-0.4, -0.2) is 41.7 Å². The van der Waals surface area contributed by atoms with Crippen LogP contribution in [0.5, 0.6) is 0 Å². The molecular formula is C12H14ClN3O4. The maximum Gasteiger partial charge on any atom is 0.341 e. The number of pyridine rings is 1. The molecule has 0 amide bonds. The molecule has 0 unspecified atom stereocenters. The molecule has 1 aliphatic heterocycles. The minimum Gasteiger partial charge on any atom is -0.481 e. The van der Waals surface area contributed by atoms with Crippen molar-refractivity contribution in [3.05, 3.63) is 16.8 Å². The molecule has 7 nitrogen and oxygen atoms in total. The van der Waals surface area contributed by atoms with Gasteiger partial charge in [0, 0.05) is 19.3 Å². The first-order valence-corrected chi connectivity index (χ1v) is 6.42. The molecule has 0 radical (unpaired) electrons. The molecule has 2 rings (SSSR count). The number of halogens is 1. The van der Waals surface area contributed by atoms with E-state index in [2.05, 4.69) is 4.98 Å². The standard InChI is InChI=1S/C12H14ClN3O4/c1-2-20-12(19)7-3-15-10(8(13)9(7)14)16-4-6(5-16)11(17)18/h3,6H,2,4-5H2,1H3,(H2,14,15)(H,17,18). The van der Waals surface area contributed by atoms with Crippen molar-refractivity contribution in [3.63, 3.8) is 0 Å². The molecule has 1 aromatic heterocycles. The van der Waals surface area contributed by atoms with Gasteiger partial charge >= 0.3 is 11.9 Å². The number of anilines is 2. The molecule has 0 atom stereocenters. The Morgan fingerprint density at radius 1 is 1.60 bits per heavy atom. The van der Waals surface area contributed by atoms with Crippen LogP contribution < -0.4 is 10.6 Å². The summed E-state index contributed by atoms with van der Waals surface area (Å²) in [5, 5.41) is 8.97. The van der Waals surface area contributed by atoms with Gasteiger partial charge < -0.3 is 20.5 Å². The number of nitrogen functional groups attached to an aromatic ring is 1. The van der Waals surface area contributed by atoms with E-state index < -0.39 is 17.9 Å². The van der Waals surface area contributed by atoms with Crippen LogP contribution in [0, 0.1) is 5.92 Å². The molecule has 1 aliphatic rings. The van der Waals surface area contributed by atoms with Gasteiger partial charge in [0.1, 0.15) is 16.4 Å². The number of nitrogens with zero attached hydrogens (tertiary/aromatic N) is 2. The third-order valence-corrected chi connectivity index (χ3v) is 3.44. The number of hydrogen-bond acceptors (Lipinski definition) is 6. The van der Waals surface area contributed by atoms with E-state index in [9.17, 15) is 9.59 Å². The smallest absolute Gasteiger partial charge is 0.341 e. The van der Waals surface area contributed by atoms with Crippen LogP contribution in [0.25, 0.3) is 0 Å².